The number of rotatable bonds is 3. The summed E-state index contributed by atoms with van der Waals surface area (Å²) in [6, 6.07) is 0.607. The van der Waals surface area contributed by atoms with Crippen LogP contribution in [-0.2, 0) is 4.79 Å². The Morgan fingerprint density at radius 2 is 2.17 bits per heavy atom. The molecule has 1 aromatic rings. The Bertz CT molecular complexity index is 484. The van der Waals surface area contributed by atoms with E-state index in [-0.39, 0.29) is 0 Å². The van der Waals surface area contributed by atoms with Gasteiger partial charge in [-0.1, -0.05) is 0 Å². The molecule has 2 bridgehead atoms. The van der Waals surface area contributed by atoms with Crippen molar-refractivity contribution in [3.63, 3.8) is 0 Å². The zero-order valence-electron chi connectivity index (χ0n) is 9.99. The Balaban J connectivity index is 1.73. The van der Waals surface area contributed by atoms with E-state index in [0.29, 0.717) is 11.6 Å². The minimum atomic E-state index is -0.962. The maximum absolute atomic E-state index is 10.4. The highest BCUT2D eigenvalue weighted by Gasteiger charge is 2.38. The van der Waals surface area contributed by atoms with Crippen LogP contribution in [0.5, 0.6) is 0 Å². The topological polar surface area (TPSA) is 66.3 Å². The van der Waals surface area contributed by atoms with E-state index >= 15 is 0 Å². The molecule has 94 valence electrons. The summed E-state index contributed by atoms with van der Waals surface area (Å²) < 4.78 is 0. The van der Waals surface area contributed by atoms with E-state index in [4.69, 9.17) is 5.11 Å². The molecule has 2 aliphatic rings. The Labute approximate surface area is 105 Å². The third kappa shape index (κ3) is 2.08. The first-order chi connectivity index (χ1) is 8.72. The van der Waals surface area contributed by atoms with Gasteiger partial charge in [-0.2, -0.15) is 0 Å². The maximum Gasteiger partial charge on any atom is 0.328 e. The largest absolute Gasteiger partial charge is 0.478 e. The van der Waals surface area contributed by atoms with E-state index in [0.717, 1.165) is 24.5 Å². The van der Waals surface area contributed by atoms with Crippen LogP contribution in [0.25, 0.3) is 6.08 Å². The predicted molar refractivity (Wildman–Crippen MR) is 67.2 cm³/mol. The number of aromatic nitrogens is 2. The number of anilines is 1. The van der Waals surface area contributed by atoms with E-state index in [9.17, 15) is 4.79 Å². The van der Waals surface area contributed by atoms with Gasteiger partial charge in [0.1, 0.15) is 0 Å². The Kier molecular flexibility index (Phi) is 2.74. The summed E-state index contributed by atoms with van der Waals surface area (Å²) >= 11 is 0. The lowest BCUT2D eigenvalue weighted by Gasteiger charge is -2.26. The van der Waals surface area contributed by atoms with Crippen LogP contribution in [0.15, 0.2) is 18.5 Å². The van der Waals surface area contributed by atoms with Gasteiger partial charge in [0.25, 0.3) is 0 Å². The van der Waals surface area contributed by atoms with E-state index in [2.05, 4.69) is 14.9 Å². The number of hydrogen-bond acceptors (Lipinski definition) is 4. The number of piperidine rings is 1. The normalized spacial score (nSPS) is 26.1. The van der Waals surface area contributed by atoms with Gasteiger partial charge in [0.2, 0.25) is 5.95 Å². The van der Waals surface area contributed by atoms with E-state index in [1.54, 1.807) is 12.4 Å². The van der Waals surface area contributed by atoms with Crippen molar-refractivity contribution >= 4 is 18.0 Å². The van der Waals surface area contributed by atoms with Gasteiger partial charge in [-0.05, 0) is 31.3 Å². The molecule has 1 aliphatic heterocycles. The van der Waals surface area contributed by atoms with Gasteiger partial charge in [0.15, 0.2) is 0 Å². The molecule has 2 atom stereocenters. The second-order valence-electron chi connectivity index (χ2n) is 4.97. The molecule has 0 radical (unpaired) electrons. The minimum absolute atomic E-state index is 0.607. The first kappa shape index (κ1) is 11.2. The second kappa shape index (κ2) is 4.40. The van der Waals surface area contributed by atoms with Crippen molar-refractivity contribution in [3.8, 4) is 0 Å². The summed E-state index contributed by atoms with van der Waals surface area (Å²) in [5.74, 6) is 0.621. The van der Waals surface area contributed by atoms with Crippen molar-refractivity contribution in [1.29, 1.82) is 0 Å². The van der Waals surface area contributed by atoms with Gasteiger partial charge in [0, 0.05) is 36.6 Å². The number of hydrogen-bond donors (Lipinski definition) is 1. The second-order valence-corrected chi connectivity index (χ2v) is 4.97. The van der Waals surface area contributed by atoms with E-state index < -0.39 is 5.97 Å². The molecule has 2 heterocycles. The zero-order chi connectivity index (χ0) is 12.5. The molecule has 1 saturated heterocycles. The van der Waals surface area contributed by atoms with Crippen molar-refractivity contribution in [2.75, 3.05) is 11.4 Å². The number of carboxylic acids is 1. The summed E-state index contributed by atoms with van der Waals surface area (Å²) in [6.45, 7) is 1.06. The molecule has 1 saturated carbocycles. The van der Waals surface area contributed by atoms with Gasteiger partial charge in [0.05, 0.1) is 0 Å². The van der Waals surface area contributed by atoms with Crippen LogP contribution in [-0.4, -0.2) is 33.6 Å². The van der Waals surface area contributed by atoms with Crippen LogP contribution in [0.1, 0.15) is 24.8 Å². The Morgan fingerprint density at radius 3 is 2.72 bits per heavy atom. The first-order valence-corrected chi connectivity index (χ1v) is 6.22. The molecule has 1 N–H and O–H groups in total. The van der Waals surface area contributed by atoms with Crippen LogP contribution in [0, 0.1) is 5.92 Å². The number of fused-ring (bicyclic) bond motifs is 2. The smallest absolute Gasteiger partial charge is 0.328 e. The zero-order valence-corrected chi connectivity index (χ0v) is 9.99. The molecule has 2 unspecified atom stereocenters. The summed E-state index contributed by atoms with van der Waals surface area (Å²) in [6.07, 6.45) is 9.79. The highest BCUT2D eigenvalue weighted by Crippen LogP contribution is 2.38. The average Bonchev–Trinajstić information content (AvgIpc) is 2.99. The summed E-state index contributed by atoms with van der Waals surface area (Å²) in [7, 11) is 0. The number of aliphatic carboxylic acids is 1. The summed E-state index contributed by atoms with van der Waals surface area (Å²) in [4.78, 5) is 21.3. The van der Waals surface area contributed by atoms with Crippen molar-refractivity contribution in [3.05, 3.63) is 24.0 Å². The van der Waals surface area contributed by atoms with E-state index in [1.807, 2.05) is 0 Å². The van der Waals surface area contributed by atoms with Gasteiger partial charge in [-0.15, -0.1) is 0 Å². The van der Waals surface area contributed by atoms with Crippen LogP contribution in [0.3, 0.4) is 0 Å². The lowest BCUT2D eigenvalue weighted by atomic mass is 10.1. The molecular weight excluding hydrogens is 230 g/mol. The van der Waals surface area contributed by atoms with Crippen LogP contribution in [0.4, 0.5) is 5.95 Å². The number of carbonyl (C=O) groups is 1. The molecule has 1 aromatic heterocycles. The SMILES string of the molecule is O=C(O)/C=C/c1cnc(N2CC3CCC2C3)nc1. The minimum Gasteiger partial charge on any atom is -0.478 e. The third-order valence-electron chi connectivity index (χ3n) is 3.74. The van der Waals surface area contributed by atoms with Crippen molar-refractivity contribution < 1.29 is 9.90 Å². The van der Waals surface area contributed by atoms with Crippen molar-refractivity contribution in [1.82, 2.24) is 9.97 Å². The number of nitrogens with zero attached hydrogens (tertiary/aromatic N) is 3. The molecule has 2 fully saturated rings. The molecule has 5 heteroatoms. The highest BCUT2D eigenvalue weighted by molar-refractivity contribution is 5.85. The van der Waals surface area contributed by atoms with Crippen LogP contribution < -0.4 is 4.90 Å². The van der Waals surface area contributed by atoms with Gasteiger partial charge < -0.3 is 10.0 Å². The fourth-order valence-electron chi connectivity index (χ4n) is 2.90. The lowest BCUT2D eigenvalue weighted by molar-refractivity contribution is -0.131. The number of carboxylic acid groups (broad SMARTS) is 1. The molecule has 3 rings (SSSR count). The first-order valence-electron chi connectivity index (χ1n) is 6.22. The van der Waals surface area contributed by atoms with Gasteiger partial charge in [-0.3, -0.25) is 0 Å². The van der Waals surface area contributed by atoms with Gasteiger partial charge in [-0.25, -0.2) is 14.8 Å². The fourth-order valence-corrected chi connectivity index (χ4v) is 2.90. The Hall–Kier alpha value is -1.91. The monoisotopic (exact) mass is 245 g/mol. The van der Waals surface area contributed by atoms with Crippen molar-refractivity contribution in [2.24, 2.45) is 5.92 Å². The molecule has 0 aromatic carbocycles. The van der Waals surface area contributed by atoms with Crippen LogP contribution >= 0.6 is 0 Å². The van der Waals surface area contributed by atoms with Crippen molar-refractivity contribution in [2.45, 2.75) is 25.3 Å². The predicted octanol–water partition coefficient (Wildman–Crippen LogP) is 1.56. The van der Waals surface area contributed by atoms with Gasteiger partial charge >= 0.3 is 5.97 Å². The average molecular weight is 245 g/mol. The molecule has 0 spiro atoms. The molecular formula is C13H15N3O2. The lowest BCUT2D eigenvalue weighted by Crippen LogP contribution is -2.33. The molecule has 0 amide bonds. The molecule has 18 heavy (non-hydrogen) atoms. The molecule has 5 nitrogen and oxygen atoms in total. The maximum atomic E-state index is 10.4. The third-order valence-corrected chi connectivity index (χ3v) is 3.74. The fraction of sp³-hybridized carbons (Fsp3) is 0.462. The summed E-state index contributed by atoms with van der Waals surface area (Å²) in [5, 5.41) is 8.54. The molecule has 1 aliphatic carbocycles. The summed E-state index contributed by atoms with van der Waals surface area (Å²) in [5.41, 5.74) is 0.713. The van der Waals surface area contributed by atoms with Crippen LogP contribution in [0.2, 0.25) is 0 Å². The quantitative estimate of drug-likeness (QED) is 0.819. The Morgan fingerprint density at radius 1 is 1.39 bits per heavy atom. The highest BCUT2D eigenvalue weighted by atomic mass is 16.4. The van der Waals surface area contributed by atoms with E-state index in [1.165, 1.54) is 25.3 Å². The standard InChI is InChI=1S/C13H15N3O2/c17-12(18)4-2-10-6-14-13(15-7-10)16-8-9-1-3-11(16)5-9/h2,4,6-7,9,11H,1,3,5,8H2,(H,17,18)/b4-2+.